The summed E-state index contributed by atoms with van der Waals surface area (Å²) in [4.78, 5) is 17.4. The summed E-state index contributed by atoms with van der Waals surface area (Å²) >= 11 is 0. The van der Waals surface area contributed by atoms with Crippen LogP contribution in [0.1, 0.15) is 11.1 Å². The maximum atomic E-state index is 13.2. The number of methoxy groups -OCH3 is 1. The Morgan fingerprint density at radius 3 is 2.53 bits per heavy atom. The highest BCUT2D eigenvalue weighted by atomic mass is 16.7. The molecule has 30 heavy (non-hydrogen) atoms. The number of rotatable bonds is 8. The average Bonchev–Trinajstić information content (AvgIpc) is 3.25. The number of nitrogens with zero attached hydrogens (tertiary/aromatic N) is 2. The molecule has 7 nitrogen and oxygen atoms in total. The van der Waals surface area contributed by atoms with Crippen molar-refractivity contribution in [3.8, 4) is 17.2 Å². The Morgan fingerprint density at radius 2 is 1.77 bits per heavy atom. The predicted octanol–water partition coefficient (Wildman–Crippen LogP) is 2.33. The van der Waals surface area contributed by atoms with Gasteiger partial charge in [-0.15, -0.1) is 0 Å². The van der Waals surface area contributed by atoms with Crippen LogP contribution < -0.4 is 14.2 Å². The van der Waals surface area contributed by atoms with Crippen LogP contribution in [0.2, 0.25) is 0 Å². The smallest absolute Gasteiger partial charge is 0.231 e. The summed E-state index contributed by atoms with van der Waals surface area (Å²) in [6.07, 6.45) is 0.359. The van der Waals surface area contributed by atoms with E-state index >= 15 is 0 Å². The SMILES string of the molecule is COc1ccc(CC(=O)N(CCN2CCOCC2)Cc2ccc3c(c2)OCO3)cc1. The highest BCUT2D eigenvalue weighted by molar-refractivity contribution is 5.79. The molecule has 0 bridgehead atoms. The van der Waals surface area contributed by atoms with E-state index in [2.05, 4.69) is 4.90 Å². The van der Waals surface area contributed by atoms with E-state index in [0.717, 1.165) is 61.2 Å². The number of fused-ring (bicyclic) bond motifs is 1. The molecular weight excluding hydrogens is 384 g/mol. The minimum atomic E-state index is 0.103. The molecule has 0 aliphatic carbocycles. The predicted molar refractivity (Wildman–Crippen MR) is 112 cm³/mol. The molecule has 4 rings (SSSR count). The third-order valence-electron chi connectivity index (χ3n) is 5.47. The summed E-state index contributed by atoms with van der Waals surface area (Å²) in [5, 5.41) is 0. The molecule has 2 heterocycles. The summed E-state index contributed by atoms with van der Waals surface area (Å²) in [6.45, 7) is 5.61. The topological polar surface area (TPSA) is 60.5 Å². The van der Waals surface area contributed by atoms with Gasteiger partial charge in [-0.1, -0.05) is 18.2 Å². The number of hydrogen-bond donors (Lipinski definition) is 0. The molecule has 2 aromatic carbocycles. The number of amides is 1. The van der Waals surface area contributed by atoms with Crippen LogP contribution in [0.15, 0.2) is 42.5 Å². The molecule has 2 aromatic rings. The summed E-state index contributed by atoms with van der Waals surface area (Å²) in [5.41, 5.74) is 2.01. The molecular formula is C23H28N2O5. The van der Waals surface area contributed by atoms with E-state index < -0.39 is 0 Å². The Balaban J connectivity index is 1.44. The van der Waals surface area contributed by atoms with Gasteiger partial charge in [-0.2, -0.15) is 0 Å². The van der Waals surface area contributed by atoms with Crippen molar-refractivity contribution in [3.05, 3.63) is 53.6 Å². The summed E-state index contributed by atoms with van der Waals surface area (Å²) in [5.74, 6) is 2.38. The third-order valence-corrected chi connectivity index (χ3v) is 5.47. The monoisotopic (exact) mass is 412 g/mol. The summed E-state index contributed by atoms with van der Waals surface area (Å²) < 4.78 is 21.5. The second kappa shape index (κ2) is 9.82. The standard InChI is InChI=1S/C23H28N2O5/c1-27-20-5-2-18(3-6-20)15-23(26)25(9-8-24-10-12-28-13-11-24)16-19-4-7-21-22(14-19)30-17-29-21/h2-7,14H,8-13,15-17H2,1H3. The maximum Gasteiger partial charge on any atom is 0.231 e. The van der Waals surface area contributed by atoms with Gasteiger partial charge in [0.1, 0.15) is 5.75 Å². The summed E-state index contributed by atoms with van der Waals surface area (Å²) in [7, 11) is 1.64. The van der Waals surface area contributed by atoms with Crippen LogP contribution >= 0.6 is 0 Å². The molecule has 1 saturated heterocycles. The highest BCUT2D eigenvalue weighted by Crippen LogP contribution is 2.32. The van der Waals surface area contributed by atoms with E-state index in [1.807, 2.05) is 47.4 Å². The number of ether oxygens (including phenoxy) is 4. The van der Waals surface area contributed by atoms with Crippen LogP contribution in [-0.2, 0) is 22.5 Å². The number of hydrogen-bond acceptors (Lipinski definition) is 6. The molecule has 0 spiro atoms. The molecule has 0 aromatic heterocycles. The molecule has 0 saturated carbocycles. The minimum absolute atomic E-state index is 0.103. The van der Waals surface area contributed by atoms with Crippen molar-refractivity contribution in [2.75, 3.05) is 53.3 Å². The first-order valence-electron chi connectivity index (χ1n) is 10.3. The number of benzene rings is 2. The van der Waals surface area contributed by atoms with Crippen LogP contribution in [0.25, 0.3) is 0 Å². The molecule has 160 valence electrons. The molecule has 2 aliphatic heterocycles. The maximum absolute atomic E-state index is 13.2. The average molecular weight is 412 g/mol. The lowest BCUT2D eigenvalue weighted by Crippen LogP contribution is -2.43. The quantitative estimate of drug-likeness (QED) is 0.663. The van der Waals surface area contributed by atoms with E-state index in [4.69, 9.17) is 18.9 Å². The Hall–Kier alpha value is -2.77. The highest BCUT2D eigenvalue weighted by Gasteiger charge is 2.19. The second-order valence-electron chi connectivity index (χ2n) is 7.48. The van der Waals surface area contributed by atoms with Gasteiger partial charge in [-0.3, -0.25) is 9.69 Å². The Kier molecular flexibility index (Phi) is 6.71. The van der Waals surface area contributed by atoms with Crippen molar-refractivity contribution in [1.29, 1.82) is 0 Å². The molecule has 0 unspecified atom stereocenters. The van der Waals surface area contributed by atoms with Gasteiger partial charge in [0.2, 0.25) is 12.7 Å². The number of carbonyl (C=O) groups is 1. The largest absolute Gasteiger partial charge is 0.497 e. The van der Waals surface area contributed by atoms with Gasteiger partial charge in [0.05, 0.1) is 26.7 Å². The lowest BCUT2D eigenvalue weighted by molar-refractivity contribution is -0.131. The van der Waals surface area contributed by atoms with Gasteiger partial charge in [-0.25, -0.2) is 0 Å². The van der Waals surface area contributed by atoms with Crippen LogP contribution in [0.4, 0.5) is 0 Å². The zero-order chi connectivity index (χ0) is 20.8. The third kappa shape index (κ3) is 5.23. The fourth-order valence-corrected chi connectivity index (χ4v) is 3.67. The molecule has 0 atom stereocenters. The first-order chi connectivity index (χ1) is 14.7. The molecule has 0 radical (unpaired) electrons. The molecule has 7 heteroatoms. The van der Waals surface area contributed by atoms with E-state index in [-0.39, 0.29) is 12.7 Å². The lowest BCUT2D eigenvalue weighted by Gasteiger charge is -2.30. The number of carbonyl (C=O) groups excluding carboxylic acids is 1. The van der Waals surface area contributed by atoms with E-state index in [1.165, 1.54) is 0 Å². The zero-order valence-electron chi connectivity index (χ0n) is 17.3. The Bertz CT molecular complexity index is 849. The number of morpholine rings is 1. The van der Waals surface area contributed by atoms with E-state index in [1.54, 1.807) is 7.11 Å². The fourth-order valence-electron chi connectivity index (χ4n) is 3.67. The minimum Gasteiger partial charge on any atom is -0.497 e. The first-order valence-corrected chi connectivity index (χ1v) is 10.3. The lowest BCUT2D eigenvalue weighted by atomic mass is 10.1. The first kappa shape index (κ1) is 20.5. The second-order valence-corrected chi connectivity index (χ2v) is 7.48. The normalized spacial score (nSPS) is 15.8. The van der Waals surface area contributed by atoms with Crippen LogP contribution in [-0.4, -0.2) is 69.0 Å². The van der Waals surface area contributed by atoms with Crippen LogP contribution in [0.3, 0.4) is 0 Å². The Labute approximate surface area is 177 Å². The van der Waals surface area contributed by atoms with E-state index in [0.29, 0.717) is 19.5 Å². The van der Waals surface area contributed by atoms with Crippen LogP contribution in [0, 0.1) is 0 Å². The van der Waals surface area contributed by atoms with Gasteiger partial charge < -0.3 is 23.8 Å². The molecule has 0 N–H and O–H groups in total. The molecule has 1 amide bonds. The molecule has 1 fully saturated rings. The van der Waals surface area contributed by atoms with Crippen molar-refractivity contribution in [2.45, 2.75) is 13.0 Å². The van der Waals surface area contributed by atoms with E-state index in [9.17, 15) is 4.79 Å². The zero-order valence-corrected chi connectivity index (χ0v) is 17.3. The van der Waals surface area contributed by atoms with Crippen molar-refractivity contribution in [2.24, 2.45) is 0 Å². The van der Waals surface area contributed by atoms with Gasteiger partial charge in [0, 0.05) is 32.7 Å². The summed E-state index contributed by atoms with van der Waals surface area (Å²) in [6, 6.07) is 13.5. The van der Waals surface area contributed by atoms with Gasteiger partial charge in [0.25, 0.3) is 0 Å². The fraction of sp³-hybridized carbons (Fsp3) is 0.435. The molecule has 2 aliphatic rings. The van der Waals surface area contributed by atoms with Gasteiger partial charge >= 0.3 is 0 Å². The van der Waals surface area contributed by atoms with Gasteiger partial charge in [-0.05, 0) is 35.4 Å². The van der Waals surface area contributed by atoms with Crippen molar-refractivity contribution < 1.29 is 23.7 Å². The van der Waals surface area contributed by atoms with Crippen molar-refractivity contribution in [3.63, 3.8) is 0 Å². The Morgan fingerprint density at radius 1 is 1.03 bits per heavy atom. The van der Waals surface area contributed by atoms with Crippen molar-refractivity contribution >= 4 is 5.91 Å². The van der Waals surface area contributed by atoms with Crippen LogP contribution in [0.5, 0.6) is 17.2 Å². The van der Waals surface area contributed by atoms with Crippen molar-refractivity contribution in [1.82, 2.24) is 9.80 Å². The van der Waals surface area contributed by atoms with Gasteiger partial charge in [0.15, 0.2) is 11.5 Å².